The number of benzene rings is 1. The summed E-state index contributed by atoms with van der Waals surface area (Å²) in [6, 6.07) is 3.40. The van der Waals surface area contributed by atoms with E-state index in [1.54, 1.807) is 0 Å². The number of halogens is 4. The number of rotatable bonds is 5. The number of anilines is 1. The highest BCUT2D eigenvalue weighted by atomic mass is 79.9. The number of aliphatic hydroxyl groups excluding tert-OH is 1. The van der Waals surface area contributed by atoms with Gasteiger partial charge in [-0.1, -0.05) is 0 Å². The summed E-state index contributed by atoms with van der Waals surface area (Å²) in [7, 11) is 0. The van der Waals surface area contributed by atoms with Crippen LogP contribution in [0.25, 0.3) is 0 Å². The average Bonchev–Trinajstić information content (AvgIpc) is 2.68. The first-order valence-corrected chi connectivity index (χ1v) is 7.01. The maximum absolute atomic E-state index is 12.1. The van der Waals surface area contributed by atoms with Crippen molar-refractivity contribution in [1.82, 2.24) is 4.90 Å². The van der Waals surface area contributed by atoms with Crippen molar-refractivity contribution >= 4 is 33.4 Å². The highest BCUT2D eigenvalue weighted by Crippen LogP contribution is 2.31. The second kappa shape index (κ2) is 6.59. The molecule has 1 aliphatic rings. The van der Waals surface area contributed by atoms with Crippen LogP contribution in [-0.2, 0) is 9.59 Å². The van der Waals surface area contributed by atoms with Gasteiger partial charge in [-0.3, -0.25) is 14.5 Å². The first-order chi connectivity index (χ1) is 10.7. The molecule has 0 aromatic heterocycles. The van der Waals surface area contributed by atoms with Gasteiger partial charge in [0.2, 0.25) is 0 Å². The number of amides is 2. The van der Waals surface area contributed by atoms with E-state index in [0.717, 1.165) is 23.1 Å². The Morgan fingerprint density at radius 2 is 2.00 bits per heavy atom. The smallest absolute Gasteiger partial charge is 0.406 e. The molecule has 1 aromatic carbocycles. The van der Waals surface area contributed by atoms with Crippen LogP contribution in [0.3, 0.4) is 0 Å². The van der Waals surface area contributed by atoms with Crippen molar-refractivity contribution in [2.75, 3.05) is 18.5 Å². The van der Waals surface area contributed by atoms with E-state index in [-0.39, 0.29) is 29.0 Å². The molecule has 0 aliphatic carbocycles. The average molecular weight is 395 g/mol. The number of nitrogens with zero attached hydrogens (tertiary/aromatic N) is 1. The van der Waals surface area contributed by atoms with Gasteiger partial charge in [0, 0.05) is 10.5 Å². The molecule has 6 nitrogen and oxygen atoms in total. The van der Waals surface area contributed by atoms with Gasteiger partial charge in [-0.15, -0.1) is 13.2 Å². The number of hydrogen-bond donors (Lipinski definition) is 2. The predicted octanol–water partition coefficient (Wildman–Crippen LogP) is 2.00. The fourth-order valence-corrected chi connectivity index (χ4v) is 2.31. The van der Waals surface area contributed by atoms with Crippen molar-refractivity contribution in [1.29, 1.82) is 0 Å². The molecule has 2 amide bonds. The topological polar surface area (TPSA) is 78.9 Å². The van der Waals surface area contributed by atoms with Gasteiger partial charge < -0.3 is 15.2 Å². The van der Waals surface area contributed by atoms with Gasteiger partial charge in [0.25, 0.3) is 11.8 Å². The Hall–Kier alpha value is -2.07. The molecule has 1 aromatic rings. The molecule has 23 heavy (non-hydrogen) atoms. The van der Waals surface area contributed by atoms with Crippen molar-refractivity contribution in [2.24, 2.45) is 0 Å². The maximum atomic E-state index is 12.1. The van der Waals surface area contributed by atoms with Crippen LogP contribution in [0.2, 0.25) is 0 Å². The Labute approximate surface area is 136 Å². The minimum atomic E-state index is -4.81. The van der Waals surface area contributed by atoms with E-state index < -0.39 is 23.9 Å². The summed E-state index contributed by atoms with van der Waals surface area (Å²) in [6.07, 6.45) is -3.76. The van der Waals surface area contributed by atoms with E-state index in [4.69, 9.17) is 5.11 Å². The Morgan fingerprint density at radius 3 is 2.57 bits per heavy atom. The first-order valence-electron chi connectivity index (χ1n) is 6.22. The lowest BCUT2D eigenvalue weighted by Crippen LogP contribution is -2.34. The Kier molecular flexibility index (Phi) is 4.95. The zero-order valence-corrected chi connectivity index (χ0v) is 12.9. The standard InChI is InChI=1S/C13H10BrF3N2O4/c14-8-5-7(23-13(15,16)17)1-2-9(8)18-10-6-11(21)19(3-4-20)12(10)22/h1-2,5-6,18,20H,3-4H2. The number of β-amino-alcohol motifs (C(OH)–C–C–N with tert-alkyl or cyclic N) is 1. The molecule has 1 aliphatic heterocycles. The summed E-state index contributed by atoms with van der Waals surface area (Å²) in [4.78, 5) is 24.4. The summed E-state index contributed by atoms with van der Waals surface area (Å²) >= 11 is 3.06. The van der Waals surface area contributed by atoms with Gasteiger partial charge in [-0.2, -0.15) is 0 Å². The number of ether oxygens (including phenoxy) is 1. The number of carbonyl (C=O) groups is 2. The third kappa shape index (κ3) is 4.23. The fraction of sp³-hybridized carbons (Fsp3) is 0.231. The van der Waals surface area contributed by atoms with Crippen LogP contribution < -0.4 is 10.1 Å². The van der Waals surface area contributed by atoms with Crippen molar-refractivity contribution in [3.63, 3.8) is 0 Å². The molecule has 124 valence electrons. The van der Waals surface area contributed by atoms with Crippen LogP contribution in [0, 0.1) is 0 Å². The summed E-state index contributed by atoms with van der Waals surface area (Å²) in [5, 5.41) is 11.5. The van der Waals surface area contributed by atoms with E-state index in [0.29, 0.717) is 0 Å². The highest BCUT2D eigenvalue weighted by Gasteiger charge is 2.32. The van der Waals surface area contributed by atoms with Gasteiger partial charge in [0.05, 0.1) is 18.8 Å². The lowest BCUT2D eigenvalue weighted by molar-refractivity contribution is -0.274. The van der Waals surface area contributed by atoms with Crippen LogP contribution in [0.4, 0.5) is 18.9 Å². The van der Waals surface area contributed by atoms with Crippen LogP contribution in [0.5, 0.6) is 5.75 Å². The summed E-state index contributed by atoms with van der Waals surface area (Å²) in [5.41, 5.74) is 0.228. The van der Waals surface area contributed by atoms with E-state index in [9.17, 15) is 22.8 Å². The van der Waals surface area contributed by atoms with Crippen molar-refractivity contribution in [3.05, 3.63) is 34.4 Å². The molecule has 0 spiro atoms. The largest absolute Gasteiger partial charge is 0.573 e. The minimum Gasteiger partial charge on any atom is -0.406 e. The van der Waals surface area contributed by atoms with Crippen LogP contribution in [-0.4, -0.2) is 41.3 Å². The van der Waals surface area contributed by atoms with E-state index in [2.05, 4.69) is 26.0 Å². The number of alkyl halides is 3. The van der Waals surface area contributed by atoms with Crippen molar-refractivity contribution in [2.45, 2.75) is 6.36 Å². The molecule has 0 radical (unpaired) electrons. The summed E-state index contributed by atoms with van der Waals surface area (Å²) in [5.74, 6) is -1.65. The maximum Gasteiger partial charge on any atom is 0.573 e. The van der Waals surface area contributed by atoms with Crippen molar-refractivity contribution in [3.8, 4) is 5.75 Å². The number of carbonyl (C=O) groups excluding carboxylic acids is 2. The Balaban J connectivity index is 2.14. The summed E-state index contributed by atoms with van der Waals surface area (Å²) in [6.45, 7) is -0.509. The van der Waals surface area contributed by atoms with Gasteiger partial charge in [-0.05, 0) is 34.1 Å². The fourth-order valence-electron chi connectivity index (χ4n) is 1.85. The Bertz CT molecular complexity index is 676. The van der Waals surface area contributed by atoms with Crippen molar-refractivity contribution < 1.29 is 32.6 Å². The Morgan fingerprint density at radius 1 is 1.30 bits per heavy atom. The highest BCUT2D eigenvalue weighted by molar-refractivity contribution is 9.10. The molecule has 2 N–H and O–H groups in total. The first kappa shape index (κ1) is 17.3. The van der Waals surface area contributed by atoms with Gasteiger partial charge in [0.1, 0.15) is 11.4 Å². The summed E-state index contributed by atoms with van der Waals surface area (Å²) < 4.78 is 40.4. The lowest BCUT2D eigenvalue weighted by atomic mass is 10.3. The monoisotopic (exact) mass is 394 g/mol. The number of imide groups is 1. The second-order valence-electron chi connectivity index (χ2n) is 4.39. The number of hydrogen-bond acceptors (Lipinski definition) is 5. The zero-order chi connectivity index (χ0) is 17.2. The molecular formula is C13H10BrF3N2O4. The number of nitrogens with one attached hydrogen (secondary N) is 1. The molecule has 2 rings (SSSR count). The van der Waals surface area contributed by atoms with E-state index in [1.165, 1.54) is 6.07 Å². The molecule has 10 heteroatoms. The van der Waals surface area contributed by atoms with Crippen LogP contribution >= 0.6 is 15.9 Å². The molecule has 0 unspecified atom stereocenters. The quantitative estimate of drug-likeness (QED) is 0.746. The van der Waals surface area contributed by atoms with Crippen LogP contribution in [0.1, 0.15) is 0 Å². The van der Waals surface area contributed by atoms with Crippen LogP contribution in [0.15, 0.2) is 34.4 Å². The lowest BCUT2D eigenvalue weighted by Gasteiger charge is -2.14. The number of aliphatic hydroxyl groups is 1. The minimum absolute atomic E-state index is 0.0476. The molecule has 0 fully saturated rings. The molecule has 0 atom stereocenters. The normalized spacial score (nSPS) is 15.0. The molecular weight excluding hydrogens is 385 g/mol. The third-order valence-electron chi connectivity index (χ3n) is 2.78. The van der Waals surface area contributed by atoms with Gasteiger partial charge in [-0.25, -0.2) is 0 Å². The second-order valence-corrected chi connectivity index (χ2v) is 5.25. The molecule has 0 saturated heterocycles. The zero-order valence-electron chi connectivity index (χ0n) is 11.4. The molecule has 0 saturated carbocycles. The van der Waals surface area contributed by atoms with E-state index >= 15 is 0 Å². The molecule has 0 bridgehead atoms. The van der Waals surface area contributed by atoms with Gasteiger partial charge >= 0.3 is 6.36 Å². The third-order valence-corrected chi connectivity index (χ3v) is 3.43. The predicted molar refractivity (Wildman–Crippen MR) is 76.3 cm³/mol. The molecule has 1 heterocycles. The SMILES string of the molecule is O=C1C=C(Nc2ccc(OC(F)(F)F)cc2Br)C(=O)N1CCO. The van der Waals surface area contributed by atoms with Gasteiger partial charge in [0.15, 0.2) is 0 Å². The van der Waals surface area contributed by atoms with E-state index in [1.807, 2.05) is 0 Å².